The Bertz CT molecular complexity index is 897. The van der Waals surface area contributed by atoms with E-state index in [9.17, 15) is 15.2 Å². The fourth-order valence-electron chi connectivity index (χ4n) is 2.43. The first-order valence-corrected chi connectivity index (χ1v) is 8.41. The summed E-state index contributed by atoms with van der Waals surface area (Å²) >= 11 is 5.91. The molecule has 130 valence electrons. The maximum Gasteiger partial charge on any atom is 0.281 e. The normalized spacial score (nSPS) is 11.0. The van der Waals surface area contributed by atoms with Crippen molar-refractivity contribution in [2.75, 3.05) is 0 Å². The van der Waals surface area contributed by atoms with Gasteiger partial charge in [0.15, 0.2) is 5.69 Å². The van der Waals surface area contributed by atoms with Crippen LogP contribution in [-0.4, -0.2) is 9.67 Å². The van der Waals surface area contributed by atoms with Gasteiger partial charge in [0, 0.05) is 17.1 Å². The van der Waals surface area contributed by atoms with Crippen molar-refractivity contribution < 1.29 is 5.11 Å². The molecular formula is C18H19ClN4O2. The Morgan fingerprint density at radius 3 is 2.72 bits per heavy atom. The molecule has 1 aromatic heterocycles. The van der Waals surface area contributed by atoms with Gasteiger partial charge in [-0.3, -0.25) is 9.36 Å². The van der Waals surface area contributed by atoms with Crippen LogP contribution in [0.4, 0.5) is 11.4 Å². The second kappa shape index (κ2) is 8.45. The van der Waals surface area contributed by atoms with E-state index in [0.29, 0.717) is 22.8 Å². The second-order valence-electron chi connectivity index (χ2n) is 5.63. The van der Waals surface area contributed by atoms with Gasteiger partial charge in [0.05, 0.1) is 5.69 Å². The number of hydrogen-bond acceptors (Lipinski definition) is 5. The number of nitrogens with zero attached hydrogens (tertiary/aromatic N) is 4. The van der Waals surface area contributed by atoms with Crippen LogP contribution >= 0.6 is 11.6 Å². The Kier molecular flexibility index (Phi) is 6.31. The van der Waals surface area contributed by atoms with Crippen molar-refractivity contribution in [3.63, 3.8) is 0 Å². The minimum Gasteiger partial charge on any atom is -0.493 e. The number of halogens is 1. The van der Waals surface area contributed by atoms with Gasteiger partial charge in [-0.2, -0.15) is 10.4 Å². The molecule has 0 fully saturated rings. The van der Waals surface area contributed by atoms with Crippen LogP contribution in [0.3, 0.4) is 0 Å². The number of aromatic hydroxyl groups is 1. The summed E-state index contributed by atoms with van der Waals surface area (Å²) in [4.78, 5) is 12.7. The van der Waals surface area contributed by atoms with E-state index in [4.69, 9.17) is 11.6 Å². The molecule has 25 heavy (non-hydrogen) atoms. The molecule has 0 aliphatic rings. The molecule has 2 aromatic rings. The van der Waals surface area contributed by atoms with Gasteiger partial charge in [-0.25, -0.2) is 0 Å². The molecule has 0 spiro atoms. The third kappa shape index (κ3) is 4.25. The Balaban J connectivity index is 2.51. The average molecular weight is 359 g/mol. The predicted molar refractivity (Wildman–Crippen MR) is 97.0 cm³/mol. The lowest BCUT2D eigenvalue weighted by Gasteiger charge is -2.12. The Morgan fingerprint density at radius 2 is 2.08 bits per heavy atom. The Labute approximate surface area is 151 Å². The van der Waals surface area contributed by atoms with Crippen LogP contribution in [0.2, 0.25) is 5.02 Å². The first kappa shape index (κ1) is 18.7. The summed E-state index contributed by atoms with van der Waals surface area (Å²) < 4.78 is 1.19. The summed E-state index contributed by atoms with van der Waals surface area (Å²) in [5.41, 5.74) is 0.427. The Hall–Kier alpha value is -2.65. The van der Waals surface area contributed by atoms with Gasteiger partial charge in [-0.15, -0.1) is 5.11 Å². The highest BCUT2D eigenvalue weighted by atomic mass is 35.5. The molecular weight excluding hydrogens is 340 g/mol. The molecule has 2 rings (SSSR count). The molecule has 0 saturated carbocycles. The number of hydrogen-bond donors (Lipinski definition) is 1. The fraction of sp³-hybridized carbons (Fsp3) is 0.333. The van der Waals surface area contributed by atoms with E-state index in [0.717, 1.165) is 19.3 Å². The summed E-state index contributed by atoms with van der Waals surface area (Å²) in [6.45, 7) is 3.94. The molecule has 1 aromatic carbocycles. The van der Waals surface area contributed by atoms with E-state index in [-0.39, 0.29) is 17.1 Å². The first-order valence-electron chi connectivity index (χ1n) is 8.03. The number of azo groups is 1. The van der Waals surface area contributed by atoms with Gasteiger partial charge in [-0.1, -0.05) is 37.4 Å². The third-order valence-corrected chi connectivity index (χ3v) is 4.06. The predicted octanol–water partition coefficient (Wildman–Crippen LogP) is 4.99. The van der Waals surface area contributed by atoms with E-state index < -0.39 is 5.56 Å². The molecule has 0 aliphatic heterocycles. The molecule has 0 radical (unpaired) electrons. The standard InChI is InChI=1S/C18H19ClN4O2/c1-3-4-5-9-23-17(24)15(11-20)12(2)16(18(23)25)22-21-14-8-6-7-13(19)10-14/h6-8,10,24H,3-5,9H2,1-2H3. The zero-order valence-corrected chi connectivity index (χ0v) is 14.9. The van der Waals surface area contributed by atoms with Crippen LogP contribution in [-0.2, 0) is 6.54 Å². The van der Waals surface area contributed by atoms with E-state index in [1.807, 2.05) is 13.0 Å². The summed E-state index contributed by atoms with van der Waals surface area (Å²) in [6.07, 6.45) is 2.62. The maximum atomic E-state index is 12.7. The molecule has 0 saturated heterocycles. The van der Waals surface area contributed by atoms with Crippen molar-refractivity contribution >= 4 is 23.0 Å². The van der Waals surface area contributed by atoms with Crippen LogP contribution in [0.15, 0.2) is 39.3 Å². The Morgan fingerprint density at radius 1 is 1.32 bits per heavy atom. The summed E-state index contributed by atoms with van der Waals surface area (Å²) in [6, 6.07) is 8.69. The molecule has 1 N–H and O–H groups in total. The lowest BCUT2D eigenvalue weighted by atomic mass is 10.1. The lowest BCUT2D eigenvalue weighted by Crippen LogP contribution is -2.22. The zero-order valence-electron chi connectivity index (χ0n) is 14.2. The van der Waals surface area contributed by atoms with Gasteiger partial charge in [0.1, 0.15) is 11.6 Å². The molecule has 0 atom stereocenters. The first-order chi connectivity index (χ1) is 12.0. The van der Waals surface area contributed by atoms with Crippen LogP contribution < -0.4 is 5.56 Å². The summed E-state index contributed by atoms with van der Waals surface area (Å²) in [7, 11) is 0. The van der Waals surface area contributed by atoms with E-state index in [1.165, 1.54) is 4.57 Å². The maximum absolute atomic E-state index is 12.7. The SMILES string of the molecule is CCCCCn1c(O)c(C#N)c(C)c(N=Nc2cccc(Cl)c2)c1=O. The highest BCUT2D eigenvalue weighted by Gasteiger charge is 2.18. The molecule has 6 nitrogen and oxygen atoms in total. The zero-order chi connectivity index (χ0) is 18.4. The second-order valence-corrected chi connectivity index (χ2v) is 6.06. The number of pyridine rings is 1. The molecule has 0 aliphatic carbocycles. The van der Waals surface area contributed by atoms with Crippen LogP contribution in [0, 0.1) is 18.3 Å². The van der Waals surface area contributed by atoms with Gasteiger partial charge < -0.3 is 5.11 Å². The van der Waals surface area contributed by atoms with Crippen molar-refractivity contribution in [3.05, 3.63) is 50.8 Å². The van der Waals surface area contributed by atoms with Crippen molar-refractivity contribution in [1.29, 1.82) is 5.26 Å². The number of benzene rings is 1. The molecule has 7 heteroatoms. The highest BCUT2D eigenvalue weighted by Crippen LogP contribution is 2.27. The van der Waals surface area contributed by atoms with Crippen molar-refractivity contribution in [2.24, 2.45) is 10.2 Å². The van der Waals surface area contributed by atoms with Crippen molar-refractivity contribution in [3.8, 4) is 11.9 Å². The van der Waals surface area contributed by atoms with E-state index in [2.05, 4.69) is 10.2 Å². The summed E-state index contributed by atoms with van der Waals surface area (Å²) in [5.74, 6) is -0.317. The molecule has 0 unspecified atom stereocenters. The van der Waals surface area contributed by atoms with Gasteiger partial charge in [0.25, 0.3) is 5.56 Å². The van der Waals surface area contributed by atoms with E-state index >= 15 is 0 Å². The number of aromatic nitrogens is 1. The van der Waals surface area contributed by atoms with Crippen LogP contribution in [0.5, 0.6) is 5.88 Å². The van der Waals surface area contributed by atoms with E-state index in [1.54, 1.807) is 31.2 Å². The monoisotopic (exact) mass is 358 g/mol. The third-order valence-electron chi connectivity index (χ3n) is 3.83. The molecule has 1 heterocycles. The minimum absolute atomic E-state index is 0.0381. The quantitative estimate of drug-likeness (QED) is 0.582. The summed E-state index contributed by atoms with van der Waals surface area (Å²) in [5, 5.41) is 28.1. The minimum atomic E-state index is -0.462. The average Bonchev–Trinajstić information content (AvgIpc) is 2.58. The van der Waals surface area contributed by atoms with Crippen molar-refractivity contribution in [1.82, 2.24) is 4.57 Å². The largest absolute Gasteiger partial charge is 0.493 e. The van der Waals surface area contributed by atoms with Crippen LogP contribution in [0.25, 0.3) is 0 Å². The highest BCUT2D eigenvalue weighted by molar-refractivity contribution is 6.30. The van der Waals surface area contributed by atoms with Gasteiger partial charge in [0.2, 0.25) is 5.88 Å². The number of rotatable bonds is 6. The number of nitriles is 1. The molecule has 0 bridgehead atoms. The topological polar surface area (TPSA) is 90.7 Å². The fourth-order valence-corrected chi connectivity index (χ4v) is 2.62. The number of unbranched alkanes of at least 4 members (excludes halogenated alkanes) is 2. The van der Waals surface area contributed by atoms with Crippen LogP contribution in [0.1, 0.15) is 37.3 Å². The van der Waals surface area contributed by atoms with Crippen molar-refractivity contribution in [2.45, 2.75) is 39.7 Å². The van der Waals surface area contributed by atoms with Gasteiger partial charge >= 0.3 is 0 Å². The smallest absolute Gasteiger partial charge is 0.281 e. The lowest BCUT2D eigenvalue weighted by molar-refractivity contribution is 0.398. The molecule has 0 amide bonds. The van der Waals surface area contributed by atoms with Gasteiger partial charge in [-0.05, 0) is 31.5 Å².